The molecule has 0 atom stereocenters. The van der Waals surface area contributed by atoms with Gasteiger partial charge in [0.05, 0.1) is 55.5 Å². The summed E-state index contributed by atoms with van der Waals surface area (Å²) in [7, 11) is 0. The summed E-state index contributed by atoms with van der Waals surface area (Å²) in [6.45, 7) is 0. The molecule has 0 saturated carbocycles. The largest absolute Gasteiger partial charge is 0.309 e. The van der Waals surface area contributed by atoms with Gasteiger partial charge in [-0.05, 0) is 90.0 Å². The van der Waals surface area contributed by atoms with Crippen LogP contribution in [0.2, 0.25) is 0 Å². The molecule has 0 amide bonds. The molecule has 4 aromatic heterocycles. The zero-order chi connectivity index (χ0) is 41.9. The minimum absolute atomic E-state index is 1.14. The first-order valence-electron chi connectivity index (χ1n) is 22.0. The predicted octanol–water partition coefficient (Wildman–Crippen LogP) is 15.7. The molecule has 0 bridgehead atoms. The van der Waals surface area contributed by atoms with Gasteiger partial charge in [-0.2, -0.15) is 0 Å². The molecule has 0 saturated heterocycles. The lowest BCUT2D eigenvalue weighted by Gasteiger charge is -2.13. The van der Waals surface area contributed by atoms with Crippen LogP contribution in [-0.2, 0) is 0 Å². The van der Waals surface area contributed by atoms with E-state index in [1.165, 1.54) is 98.4 Å². The molecule has 0 N–H and O–H groups in total. The highest BCUT2D eigenvalue weighted by Crippen LogP contribution is 2.46. The van der Waals surface area contributed by atoms with E-state index in [-0.39, 0.29) is 0 Å². The molecule has 4 heterocycles. The Morgan fingerprint density at radius 1 is 0.219 bits per heavy atom. The van der Waals surface area contributed by atoms with E-state index in [0.717, 1.165) is 22.7 Å². The molecule has 64 heavy (non-hydrogen) atoms. The molecule has 14 aromatic rings. The molecule has 0 unspecified atom stereocenters. The van der Waals surface area contributed by atoms with E-state index in [9.17, 15) is 0 Å². The Bertz CT molecular complexity index is 4180. The van der Waals surface area contributed by atoms with Crippen LogP contribution in [-0.4, -0.2) is 18.3 Å². The highest BCUT2D eigenvalue weighted by Gasteiger charge is 2.25. The average molecular weight is 815 g/mol. The standard InChI is InChI=1S/C60H38N4/c1-3-18-39(19-4-1)40-20-15-23-42(38-40)62-48-28-11-7-24-43(48)44-36-37-56-59(60(44)62)47-27-10-14-31-51(47)64(56)55-35-17-34-54-58(55)46-26-9-13-30-50(46)63(54)53-33-16-32-52-57(53)45-25-8-12-29-49(45)61(52)41-21-5-2-6-22-41/h1-38H. The summed E-state index contributed by atoms with van der Waals surface area (Å²) in [5.41, 5.74) is 16.5. The fourth-order valence-corrected chi connectivity index (χ4v) is 11.0. The Morgan fingerprint density at radius 3 is 1.27 bits per heavy atom. The maximum Gasteiger partial charge on any atom is 0.0641 e. The van der Waals surface area contributed by atoms with Crippen molar-refractivity contribution in [2.75, 3.05) is 0 Å². The van der Waals surface area contributed by atoms with Gasteiger partial charge in [-0.15, -0.1) is 0 Å². The Labute approximate surface area is 368 Å². The number of nitrogens with zero attached hydrogens (tertiary/aromatic N) is 4. The first-order valence-corrected chi connectivity index (χ1v) is 22.0. The zero-order valence-corrected chi connectivity index (χ0v) is 34.7. The molecule has 0 aliphatic rings. The van der Waals surface area contributed by atoms with Crippen LogP contribution in [0.1, 0.15) is 0 Å². The summed E-state index contributed by atoms with van der Waals surface area (Å²) in [6.07, 6.45) is 0. The monoisotopic (exact) mass is 814 g/mol. The first-order chi connectivity index (χ1) is 31.8. The minimum atomic E-state index is 1.14. The lowest BCUT2D eigenvalue weighted by Crippen LogP contribution is -1.98. The van der Waals surface area contributed by atoms with Gasteiger partial charge >= 0.3 is 0 Å². The van der Waals surface area contributed by atoms with Gasteiger partial charge in [0.1, 0.15) is 0 Å². The van der Waals surface area contributed by atoms with Crippen molar-refractivity contribution in [1.82, 2.24) is 18.3 Å². The number of aromatic nitrogens is 4. The summed E-state index contributed by atoms with van der Waals surface area (Å²) < 4.78 is 9.92. The van der Waals surface area contributed by atoms with Crippen molar-refractivity contribution in [2.24, 2.45) is 0 Å². The second kappa shape index (κ2) is 13.4. The first kappa shape index (κ1) is 35.0. The number of para-hydroxylation sites is 5. The van der Waals surface area contributed by atoms with E-state index in [0.29, 0.717) is 0 Å². The van der Waals surface area contributed by atoms with Crippen LogP contribution >= 0.6 is 0 Å². The van der Waals surface area contributed by atoms with Gasteiger partial charge in [-0.3, -0.25) is 0 Å². The Hall–Kier alpha value is -8.60. The molecule has 4 nitrogen and oxygen atoms in total. The number of fused-ring (bicyclic) bond motifs is 13. The van der Waals surface area contributed by atoms with Crippen molar-refractivity contribution in [2.45, 2.75) is 0 Å². The van der Waals surface area contributed by atoms with Crippen molar-refractivity contribution in [3.8, 4) is 33.9 Å². The average Bonchev–Trinajstić information content (AvgIpc) is 4.10. The van der Waals surface area contributed by atoms with Crippen LogP contribution in [0.15, 0.2) is 231 Å². The van der Waals surface area contributed by atoms with Crippen LogP contribution in [0.4, 0.5) is 0 Å². The van der Waals surface area contributed by atoms with E-state index >= 15 is 0 Å². The third kappa shape index (κ3) is 4.82. The van der Waals surface area contributed by atoms with Gasteiger partial charge in [0.25, 0.3) is 0 Å². The van der Waals surface area contributed by atoms with Gasteiger partial charge < -0.3 is 18.3 Å². The van der Waals surface area contributed by atoms with Crippen LogP contribution in [0, 0.1) is 0 Å². The summed E-state index contributed by atoms with van der Waals surface area (Å²) in [5, 5.41) is 9.87. The molecule has 0 spiro atoms. The molecule has 0 fully saturated rings. The van der Waals surface area contributed by atoms with Crippen LogP contribution in [0.3, 0.4) is 0 Å². The Balaban J connectivity index is 1.08. The fourth-order valence-electron chi connectivity index (χ4n) is 11.0. The molecular weight excluding hydrogens is 777 g/mol. The van der Waals surface area contributed by atoms with E-state index in [1.807, 2.05) is 0 Å². The van der Waals surface area contributed by atoms with E-state index in [1.54, 1.807) is 0 Å². The second-order valence-electron chi connectivity index (χ2n) is 16.9. The molecule has 0 aliphatic carbocycles. The lowest BCUT2D eigenvalue weighted by molar-refractivity contribution is 1.17. The quantitative estimate of drug-likeness (QED) is 0.165. The van der Waals surface area contributed by atoms with E-state index in [4.69, 9.17) is 0 Å². The summed E-state index contributed by atoms with van der Waals surface area (Å²) in [6, 6.07) is 84.4. The highest BCUT2D eigenvalue weighted by molar-refractivity contribution is 6.27. The van der Waals surface area contributed by atoms with Gasteiger partial charge in [0.2, 0.25) is 0 Å². The van der Waals surface area contributed by atoms with E-state index in [2.05, 4.69) is 249 Å². The molecular formula is C60H38N4. The Morgan fingerprint density at radius 2 is 0.641 bits per heavy atom. The zero-order valence-electron chi connectivity index (χ0n) is 34.7. The SMILES string of the molecule is c1ccc(-c2cccc(-n3c4ccccc4c4ccc5c(c6ccccc6n5-c5cccc6c5c5ccccc5n6-c5cccc6c5c5ccccc5n6-c5ccccc5)c43)c2)cc1. The number of hydrogen-bond acceptors (Lipinski definition) is 0. The molecule has 298 valence electrons. The van der Waals surface area contributed by atoms with Gasteiger partial charge in [-0.1, -0.05) is 152 Å². The predicted molar refractivity (Wildman–Crippen MR) is 269 cm³/mol. The molecule has 10 aromatic carbocycles. The third-order valence-corrected chi connectivity index (χ3v) is 13.5. The number of rotatable bonds is 5. The molecule has 14 rings (SSSR count). The van der Waals surface area contributed by atoms with Gasteiger partial charge in [-0.25, -0.2) is 0 Å². The third-order valence-electron chi connectivity index (χ3n) is 13.5. The smallest absolute Gasteiger partial charge is 0.0641 e. The van der Waals surface area contributed by atoms with Crippen LogP contribution in [0.25, 0.3) is 121 Å². The lowest BCUT2D eigenvalue weighted by atomic mass is 10.0. The van der Waals surface area contributed by atoms with Crippen molar-refractivity contribution < 1.29 is 0 Å². The molecule has 0 aliphatic heterocycles. The normalized spacial score (nSPS) is 12.1. The van der Waals surface area contributed by atoms with Crippen LogP contribution in [0.5, 0.6) is 0 Å². The number of benzene rings is 10. The van der Waals surface area contributed by atoms with E-state index < -0.39 is 0 Å². The maximum atomic E-state index is 2.52. The summed E-state index contributed by atoms with van der Waals surface area (Å²) in [4.78, 5) is 0. The highest BCUT2D eigenvalue weighted by atomic mass is 15.0. The number of hydrogen-bond donors (Lipinski definition) is 0. The maximum absolute atomic E-state index is 2.52. The second-order valence-corrected chi connectivity index (χ2v) is 16.9. The molecule has 4 heteroatoms. The van der Waals surface area contributed by atoms with Crippen molar-refractivity contribution in [1.29, 1.82) is 0 Å². The van der Waals surface area contributed by atoms with Gasteiger partial charge in [0, 0.05) is 54.5 Å². The van der Waals surface area contributed by atoms with Crippen molar-refractivity contribution in [3.63, 3.8) is 0 Å². The van der Waals surface area contributed by atoms with Crippen molar-refractivity contribution >= 4 is 87.2 Å². The van der Waals surface area contributed by atoms with Crippen molar-refractivity contribution in [3.05, 3.63) is 231 Å². The Kier molecular flexibility index (Phi) is 7.36. The molecule has 0 radical (unpaired) electrons. The van der Waals surface area contributed by atoms with Crippen LogP contribution < -0.4 is 0 Å². The summed E-state index contributed by atoms with van der Waals surface area (Å²) >= 11 is 0. The fraction of sp³-hybridized carbons (Fsp3) is 0. The summed E-state index contributed by atoms with van der Waals surface area (Å²) in [5.74, 6) is 0. The minimum Gasteiger partial charge on any atom is -0.309 e. The topological polar surface area (TPSA) is 19.7 Å². The van der Waals surface area contributed by atoms with Gasteiger partial charge in [0.15, 0.2) is 0 Å².